The molecule has 0 aromatic heterocycles. The lowest BCUT2D eigenvalue weighted by Gasteiger charge is -2.15. The Labute approximate surface area is 171 Å². The summed E-state index contributed by atoms with van der Waals surface area (Å²) >= 11 is 13.2. The molecule has 0 saturated carbocycles. The molecule has 0 aliphatic rings. The third-order valence-corrected chi connectivity index (χ3v) is 5.71. The molecule has 0 saturated heterocycles. The Balaban J connectivity index is 2.55. The van der Waals surface area contributed by atoms with Gasteiger partial charge < -0.3 is 15.3 Å². The minimum atomic E-state index is -0.151. The zero-order chi connectivity index (χ0) is 19.6. The molecule has 0 bridgehead atoms. The monoisotopic (exact) mass is 402 g/mol. The summed E-state index contributed by atoms with van der Waals surface area (Å²) in [5.41, 5.74) is 1.66. The molecule has 0 aliphatic carbocycles. The maximum atomic E-state index is 10.4. The second kappa shape index (κ2) is 8.42. The van der Waals surface area contributed by atoms with E-state index < -0.39 is 0 Å². The number of hydrogen-bond donors (Lipinski definition) is 6. The maximum absolute atomic E-state index is 10.4. The van der Waals surface area contributed by atoms with Gasteiger partial charge in [-0.25, -0.2) is 0 Å². The van der Waals surface area contributed by atoms with Gasteiger partial charge in [-0.2, -0.15) is 0 Å². The average molecular weight is 402 g/mol. The summed E-state index contributed by atoms with van der Waals surface area (Å²) in [6.07, 6.45) is 0. The standard InChI is InChI=1S/C19H19BO3S3/c1-9(2)17(24)19(26)15-13(22)7-11(8-14(15)23)18(25)16(20)10-3-5-12(21)6-4-10/h3-9,21-26H,1-2H3/b18-16+,19-17+. The summed E-state index contributed by atoms with van der Waals surface area (Å²) in [4.78, 5) is 1.44. The Bertz CT molecular complexity index is 864. The molecule has 7 heteroatoms. The second-order valence-corrected chi connectivity index (χ2v) is 7.46. The molecule has 26 heavy (non-hydrogen) atoms. The molecule has 0 spiro atoms. The fraction of sp³-hybridized carbons (Fsp3) is 0.158. The average Bonchev–Trinajstić information content (AvgIpc) is 2.59. The van der Waals surface area contributed by atoms with Gasteiger partial charge in [-0.1, -0.05) is 31.5 Å². The van der Waals surface area contributed by atoms with Crippen molar-refractivity contribution in [1.82, 2.24) is 0 Å². The molecule has 2 aromatic carbocycles. The maximum Gasteiger partial charge on any atom is 0.128 e. The van der Waals surface area contributed by atoms with Crippen molar-refractivity contribution in [3.63, 3.8) is 0 Å². The highest BCUT2D eigenvalue weighted by Crippen LogP contribution is 2.42. The Morgan fingerprint density at radius 3 is 1.81 bits per heavy atom. The van der Waals surface area contributed by atoms with Gasteiger partial charge in [0.15, 0.2) is 0 Å². The van der Waals surface area contributed by atoms with Crippen LogP contribution in [-0.4, -0.2) is 23.2 Å². The van der Waals surface area contributed by atoms with Gasteiger partial charge in [0.2, 0.25) is 0 Å². The highest BCUT2D eigenvalue weighted by atomic mass is 32.1. The van der Waals surface area contributed by atoms with Crippen molar-refractivity contribution >= 4 is 61.0 Å². The van der Waals surface area contributed by atoms with Crippen LogP contribution in [0.5, 0.6) is 17.2 Å². The molecule has 0 unspecified atom stereocenters. The van der Waals surface area contributed by atoms with E-state index in [1.165, 1.54) is 24.3 Å². The van der Waals surface area contributed by atoms with Crippen LogP contribution in [0.3, 0.4) is 0 Å². The summed E-state index contributed by atoms with van der Waals surface area (Å²) < 4.78 is 0. The van der Waals surface area contributed by atoms with Crippen molar-refractivity contribution in [2.24, 2.45) is 5.92 Å². The van der Waals surface area contributed by atoms with Crippen LogP contribution in [0.25, 0.3) is 15.3 Å². The van der Waals surface area contributed by atoms with Crippen LogP contribution in [0, 0.1) is 5.92 Å². The van der Waals surface area contributed by atoms with Crippen molar-refractivity contribution in [1.29, 1.82) is 0 Å². The van der Waals surface area contributed by atoms with Crippen molar-refractivity contribution in [3.05, 3.63) is 58.0 Å². The van der Waals surface area contributed by atoms with Gasteiger partial charge in [0, 0.05) is 9.81 Å². The van der Waals surface area contributed by atoms with E-state index in [0.717, 1.165) is 0 Å². The number of allylic oxidation sites excluding steroid dienone is 1. The van der Waals surface area contributed by atoms with E-state index in [9.17, 15) is 15.3 Å². The highest BCUT2D eigenvalue weighted by molar-refractivity contribution is 7.93. The van der Waals surface area contributed by atoms with E-state index in [4.69, 9.17) is 7.85 Å². The first-order valence-electron chi connectivity index (χ1n) is 7.80. The zero-order valence-corrected chi connectivity index (χ0v) is 17.0. The van der Waals surface area contributed by atoms with Crippen LogP contribution in [0.4, 0.5) is 0 Å². The van der Waals surface area contributed by atoms with Gasteiger partial charge in [0.1, 0.15) is 25.1 Å². The van der Waals surface area contributed by atoms with Crippen LogP contribution >= 0.6 is 37.9 Å². The van der Waals surface area contributed by atoms with Crippen LogP contribution < -0.4 is 0 Å². The molecule has 3 N–H and O–H groups in total. The second-order valence-electron chi connectivity index (χ2n) is 6.09. The highest BCUT2D eigenvalue weighted by Gasteiger charge is 2.17. The summed E-state index contributed by atoms with van der Waals surface area (Å²) in [6.45, 7) is 3.88. The lowest BCUT2D eigenvalue weighted by molar-refractivity contribution is 0.448. The molecule has 134 valence electrons. The zero-order valence-electron chi connectivity index (χ0n) is 14.3. The number of thiol groups is 3. The van der Waals surface area contributed by atoms with E-state index in [-0.39, 0.29) is 28.7 Å². The van der Waals surface area contributed by atoms with Crippen LogP contribution in [0.1, 0.15) is 30.5 Å². The SMILES string of the molecule is [B]/C(=C(/S)c1cc(O)c(/C(S)=C(\S)C(C)C)c(O)c1)c1ccc(O)cc1. The van der Waals surface area contributed by atoms with E-state index >= 15 is 0 Å². The number of rotatable bonds is 4. The molecule has 0 amide bonds. The molecule has 0 fully saturated rings. The van der Waals surface area contributed by atoms with Gasteiger partial charge in [-0.3, -0.25) is 0 Å². The molecule has 0 aliphatic heterocycles. The number of phenolic OH excluding ortho intramolecular Hbond substituents is 3. The molecular weight excluding hydrogens is 383 g/mol. The normalized spacial score (nSPS) is 13.5. The van der Waals surface area contributed by atoms with Gasteiger partial charge >= 0.3 is 0 Å². The predicted molar refractivity (Wildman–Crippen MR) is 119 cm³/mol. The molecular formula is C19H19BO3S3. The molecule has 2 aromatic rings. The summed E-state index contributed by atoms with van der Waals surface area (Å²) in [6, 6.07) is 9.25. The Kier molecular flexibility index (Phi) is 6.72. The fourth-order valence-electron chi connectivity index (χ4n) is 2.33. The molecule has 2 radical (unpaired) electrons. The molecule has 0 heterocycles. The fourth-order valence-corrected chi connectivity index (χ4v) is 3.18. The number of hydrogen-bond acceptors (Lipinski definition) is 6. The Hall–Kier alpha value is -1.57. The van der Waals surface area contributed by atoms with Gasteiger partial charge in [0.25, 0.3) is 0 Å². The third-order valence-electron chi connectivity index (χ3n) is 3.83. The molecule has 2 rings (SSSR count). The topological polar surface area (TPSA) is 60.7 Å². The predicted octanol–water partition coefficient (Wildman–Crippen LogP) is 4.91. The largest absolute Gasteiger partial charge is 0.508 e. The number of benzene rings is 2. The first-order chi connectivity index (χ1) is 12.1. The lowest BCUT2D eigenvalue weighted by Crippen LogP contribution is -1.93. The summed E-state index contributed by atoms with van der Waals surface area (Å²) in [5, 5.41) is 30.2. The lowest BCUT2D eigenvalue weighted by atomic mass is 9.86. The number of aromatic hydroxyl groups is 3. The first kappa shape index (κ1) is 20.7. The van der Waals surface area contributed by atoms with Gasteiger partial charge in [-0.15, -0.1) is 37.9 Å². The van der Waals surface area contributed by atoms with Gasteiger partial charge in [-0.05, 0) is 46.2 Å². The molecule has 0 atom stereocenters. The summed E-state index contributed by atoms with van der Waals surface area (Å²) in [7, 11) is 6.13. The van der Waals surface area contributed by atoms with Gasteiger partial charge in [0.05, 0.1) is 5.56 Å². The smallest absolute Gasteiger partial charge is 0.128 e. The first-order valence-corrected chi connectivity index (χ1v) is 9.14. The van der Waals surface area contributed by atoms with E-state index in [2.05, 4.69) is 37.9 Å². The Morgan fingerprint density at radius 1 is 0.846 bits per heavy atom. The number of phenols is 3. The minimum Gasteiger partial charge on any atom is -0.508 e. The van der Waals surface area contributed by atoms with Crippen LogP contribution in [0.2, 0.25) is 0 Å². The Morgan fingerprint density at radius 2 is 1.35 bits per heavy atom. The van der Waals surface area contributed by atoms with Crippen molar-refractivity contribution in [3.8, 4) is 17.2 Å². The van der Waals surface area contributed by atoms with E-state index in [0.29, 0.717) is 31.3 Å². The summed E-state index contributed by atoms with van der Waals surface area (Å²) in [5.74, 6) is -0.0815. The van der Waals surface area contributed by atoms with Crippen molar-refractivity contribution in [2.75, 3.05) is 0 Å². The van der Waals surface area contributed by atoms with E-state index in [1.807, 2.05) is 13.8 Å². The van der Waals surface area contributed by atoms with Crippen molar-refractivity contribution < 1.29 is 15.3 Å². The minimum absolute atomic E-state index is 0.0924. The van der Waals surface area contributed by atoms with Crippen molar-refractivity contribution in [2.45, 2.75) is 13.8 Å². The van der Waals surface area contributed by atoms with Crippen LogP contribution in [-0.2, 0) is 0 Å². The quantitative estimate of drug-likeness (QED) is 0.250. The van der Waals surface area contributed by atoms with E-state index in [1.54, 1.807) is 12.1 Å². The molecule has 3 nitrogen and oxygen atoms in total. The van der Waals surface area contributed by atoms with Crippen LogP contribution in [0.15, 0.2) is 41.3 Å². The third kappa shape index (κ3) is 4.39.